The molecule has 2 aliphatic heterocycles. The highest BCUT2D eigenvalue weighted by Crippen LogP contribution is 2.45. The van der Waals surface area contributed by atoms with Crippen LogP contribution < -0.4 is 5.43 Å². The van der Waals surface area contributed by atoms with Gasteiger partial charge in [-0.1, -0.05) is 0 Å². The maximum atomic E-state index is 13.1. The molecule has 15 heteroatoms. The fourth-order valence-electron chi connectivity index (χ4n) is 4.93. The lowest BCUT2D eigenvalue weighted by Gasteiger charge is -2.44. The maximum Gasteiger partial charge on any atom is 0.197 e. The van der Waals surface area contributed by atoms with Gasteiger partial charge >= 0.3 is 0 Å². The molecule has 0 spiro atoms. The molecule has 3 aromatic rings. The Morgan fingerprint density at radius 3 is 2.27 bits per heavy atom. The summed E-state index contributed by atoms with van der Waals surface area (Å²) in [5.41, 5.74) is -1.31. The number of aliphatic hydroxyl groups is 6. The second-order valence-electron chi connectivity index (χ2n) is 9.82. The number of hydrogen-bond donors (Lipinski definition) is 10. The molecule has 41 heavy (non-hydrogen) atoms. The first-order valence-corrected chi connectivity index (χ1v) is 12.4. The highest BCUT2D eigenvalue weighted by Gasteiger charge is 2.49. The van der Waals surface area contributed by atoms with Gasteiger partial charge in [-0.25, -0.2) is 0 Å². The summed E-state index contributed by atoms with van der Waals surface area (Å²) < 4.78 is 22.2. The lowest BCUT2D eigenvalue weighted by molar-refractivity contribution is -0.336. The lowest BCUT2D eigenvalue weighted by atomic mass is 9.91. The molecule has 0 radical (unpaired) electrons. The number of benzene rings is 2. The number of rotatable bonds is 5. The van der Waals surface area contributed by atoms with E-state index in [9.17, 15) is 55.9 Å². The van der Waals surface area contributed by atoms with Gasteiger partial charge in [0.1, 0.15) is 77.1 Å². The summed E-state index contributed by atoms with van der Waals surface area (Å²) in [6.45, 7) is -1.27. The van der Waals surface area contributed by atoms with Gasteiger partial charge in [-0.3, -0.25) is 4.79 Å². The second kappa shape index (κ2) is 11.1. The summed E-state index contributed by atoms with van der Waals surface area (Å²) in [6, 6.07) is 5.65. The van der Waals surface area contributed by atoms with Crippen LogP contribution in [0.15, 0.2) is 39.5 Å². The molecule has 0 aliphatic carbocycles. The van der Waals surface area contributed by atoms with Gasteiger partial charge in [-0.2, -0.15) is 0 Å². The van der Waals surface area contributed by atoms with Crippen LogP contribution in [0.2, 0.25) is 0 Å². The third-order valence-corrected chi connectivity index (χ3v) is 7.17. The van der Waals surface area contributed by atoms with Crippen LogP contribution >= 0.6 is 0 Å². The van der Waals surface area contributed by atoms with Crippen molar-refractivity contribution in [3.63, 3.8) is 0 Å². The average Bonchev–Trinajstić information content (AvgIpc) is 2.93. The van der Waals surface area contributed by atoms with Crippen molar-refractivity contribution in [2.24, 2.45) is 0 Å². The highest BCUT2D eigenvalue weighted by atomic mass is 16.7. The summed E-state index contributed by atoms with van der Waals surface area (Å²) in [5.74, 6) is -2.45. The molecule has 0 bridgehead atoms. The van der Waals surface area contributed by atoms with Gasteiger partial charge < -0.3 is 69.7 Å². The Balaban J connectivity index is 1.55. The topological polar surface area (TPSA) is 260 Å². The Labute approximate surface area is 229 Å². The van der Waals surface area contributed by atoms with E-state index in [1.807, 2.05) is 0 Å². The van der Waals surface area contributed by atoms with Crippen molar-refractivity contribution in [1.29, 1.82) is 0 Å². The van der Waals surface area contributed by atoms with Gasteiger partial charge in [0.15, 0.2) is 23.2 Å². The molecular formula is C26H28O15. The van der Waals surface area contributed by atoms with Gasteiger partial charge in [-0.15, -0.1) is 0 Å². The van der Waals surface area contributed by atoms with Gasteiger partial charge in [0.25, 0.3) is 0 Å². The standard InChI is InChI=1S/C26H28O15/c27-6-16-20(34)22(36)23(37)26(40-16)41-25-19(33)13(32)7-38-24(25)18-12(31)5-15-17(21(18)35)11(30)4-14(39-15)8-1-2-9(28)10(29)3-8/h1-5,13,16,19-20,22-29,31-37H,6-7H2. The van der Waals surface area contributed by atoms with E-state index in [2.05, 4.69) is 0 Å². The van der Waals surface area contributed by atoms with Crippen LogP contribution in [0.25, 0.3) is 22.3 Å². The SMILES string of the molecule is O=c1cc(-c2ccc(O)c(O)c2)oc2cc(O)c(C3OCC(O)C(O)C3OC3OC(CO)C(O)C(O)C3O)c(O)c12. The highest BCUT2D eigenvalue weighted by molar-refractivity contribution is 5.88. The normalized spacial score (nSPS) is 32.3. The molecule has 9 unspecified atom stereocenters. The van der Waals surface area contributed by atoms with Gasteiger partial charge in [0.2, 0.25) is 0 Å². The van der Waals surface area contributed by atoms with Crippen molar-refractivity contribution in [1.82, 2.24) is 0 Å². The van der Waals surface area contributed by atoms with E-state index >= 15 is 0 Å². The largest absolute Gasteiger partial charge is 0.507 e. The second-order valence-corrected chi connectivity index (χ2v) is 9.82. The number of phenols is 4. The summed E-state index contributed by atoms with van der Waals surface area (Å²) >= 11 is 0. The van der Waals surface area contributed by atoms with Crippen LogP contribution in [-0.2, 0) is 14.2 Å². The summed E-state index contributed by atoms with van der Waals surface area (Å²) in [5, 5.41) is 102. The smallest absolute Gasteiger partial charge is 0.197 e. The first kappa shape index (κ1) is 29.0. The molecule has 15 nitrogen and oxygen atoms in total. The Morgan fingerprint density at radius 2 is 1.59 bits per heavy atom. The van der Waals surface area contributed by atoms with Crippen molar-refractivity contribution in [3.05, 3.63) is 46.1 Å². The molecule has 1 aromatic heterocycles. The van der Waals surface area contributed by atoms with E-state index in [0.29, 0.717) is 0 Å². The minimum Gasteiger partial charge on any atom is -0.507 e. The van der Waals surface area contributed by atoms with Crippen molar-refractivity contribution >= 4 is 11.0 Å². The van der Waals surface area contributed by atoms with E-state index in [-0.39, 0.29) is 16.9 Å². The number of aliphatic hydroxyl groups excluding tert-OH is 6. The fraction of sp³-hybridized carbons (Fsp3) is 0.423. The monoisotopic (exact) mass is 580 g/mol. The lowest BCUT2D eigenvalue weighted by Crippen LogP contribution is -2.61. The average molecular weight is 580 g/mol. The summed E-state index contributed by atoms with van der Waals surface area (Å²) in [7, 11) is 0. The molecular weight excluding hydrogens is 552 g/mol. The molecule has 2 saturated heterocycles. The Bertz CT molecular complexity index is 1490. The first-order chi connectivity index (χ1) is 19.4. The van der Waals surface area contributed by atoms with Crippen molar-refractivity contribution in [2.45, 2.75) is 55.1 Å². The van der Waals surface area contributed by atoms with Crippen LogP contribution in [0, 0.1) is 0 Å². The molecule has 9 atom stereocenters. The zero-order valence-corrected chi connectivity index (χ0v) is 21.0. The summed E-state index contributed by atoms with van der Waals surface area (Å²) in [6.07, 6.45) is -15.1. The molecule has 3 heterocycles. The molecule has 2 fully saturated rings. The van der Waals surface area contributed by atoms with Crippen molar-refractivity contribution in [2.75, 3.05) is 13.2 Å². The number of hydrogen-bond acceptors (Lipinski definition) is 15. The minimum atomic E-state index is -1.89. The number of ether oxygens (including phenoxy) is 3. The molecule has 0 amide bonds. The minimum absolute atomic E-state index is 0.0689. The number of phenolic OH excluding ortho intramolecular Hbond substituents is 4. The number of fused-ring (bicyclic) bond motifs is 1. The van der Waals surface area contributed by atoms with E-state index in [0.717, 1.165) is 18.2 Å². The zero-order valence-electron chi connectivity index (χ0n) is 21.0. The molecule has 222 valence electrons. The molecule has 10 N–H and O–H groups in total. The van der Waals surface area contributed by atoms with Crippen LogP contribution in [0.1, 0.15) is 11.7 Å². The van der Waals surface area contributed by atoms with Gasteiger partial charge in [0.05, 0.1) is 18.8 Å². The first-order valence-electron chi connectivity index (χ1n) is 12.4. The fourth-order valence-corrected chi connectivity index (χ4v) is 4.93. The van der Waals surface area contributed by atoms with E-state index in [1.165, 1.54) is 12.1 Å². The molecule has 5 rings (SSSR count). The molecule has 2 aromatic carbocycles. The van der Waals surface area contributed by atoms with Crippen LogP contribution in [0.3, 0.4) is 0 Å². The third kappa shape index (κ3) is 5.07. The summed E-state index contributed by atoms with van der Waals surface area (Å²) in [4.78, 5) is 13.1. The van der Waals surface area contributed by atoms with Crippen molar-refractivity contribution in [3.8, 4) is 34.3 Å². The van der Waals surface area contributed by atoms with Crippen molar-refractivity contribution < 1.29 is 69.7 Å². The van der Waals surface area contributed by atoms with Gasteiger partial charge in [-0.05, 0) is 18.2 Å². The van der Waals surface area contributed by atoms with Crippen LogP contribution in [-0.4, -0.2) is 113 Å². The van der Waals surface area contributed by atoms with Crippen LogP contribution in [0.4, 0.5) is 0 Å². The Hall–Kier alpha value is -3.51. The molecule has 2 aliphatic rings. The van der Waals surface area contributed by atoms with E-state index in [4.69, 9.17) is 18.6 Å². The van der Waals surface area contributed by atoms with E-state index < -0.39 is 108 Å². The zero-order chi connectivity index (χ0) is 29.7. The van der Waals surface area contributed by atoms with Crippen LogP contribution in [0.5, 0.6) is 23.0 Å². The number of aromatic hydroxyl groups is 4. The quantitative estimate of drug-likeness (QED) is 0.150. The van der Waals surface area contributed by atoms with Gasteiger partial charge in [0, 0.05) is 17.7 Å². The third-order valence-electron chi connectivity index (χ3n) is 7.17. The predicted molar refractivity (Wildman–Crippen MR) is 134 cm³/mol. The molecule has 0 saturated carbocycles. The maximum absolute atomic E-state index is 13.1. The van der Waals surface area contributed by atoms with E-state index in [1.54, 1.807) is 0 Å². The predicted octanol–water partition coefficient (Wildman–Crippen LogP) is -1.74. The Kier molecular flexibility index (Phi) is 7.82. The Morgan fingerprint density at radius 1 is 0.854 bits per heavy atom.